The number of amides is 2. The van der Waals surface area contributed by atoms with Gasteiger partial charge in [-0.15, -0.1) is 0 Å². The summed E-state index contributed by atoms with van der Waals surface area (Å²) in [6, 6.07) is 0.177. The Morgan fingerprint density at radius 3 is 2.30 bits per heavy atom. The Bertz CT molecular complexity index is 347. The first-order chi connectivity index (χ1) is 9.60. The molecule has 1 saturated carbocycles. The molecule has 5 nitrogen and oxygen atoms in total. The second kappa shape index (κ2) is 6.95. The van der Waals surface area contributed by atoms with Crippen LogP contribution < -0.4 is 0 Å². The van der Waals surface area contributed by atoms with Crippen molar-refractivity contribution in [2.45, 2.75) is 45.4 Å². The maximum Gasteiger partial charge on any atom is 0.319 e. The molecule has 0 aromatic heterocycles. The number of piperidine rings is 1. The molecule has 1 aliphatic carbocycles. The second-order valence-electron chi connectivity index (χ2n) is 6.13. The van der Waals surface area contributed by atoms with Gasteiger partial charge in [0, 0.05) is 32.6 Å². The Labute approximate surface area is 120 Å². The first-order valence-electron chi connectivity index (χ1n) is 7.85. The van der Waals surface area contributed by atoms with Crippen LogP contribution in [0.2, 0.25) is 0 Å². The van der Waals surface area contributed by atoms with E-state index in [1.54, 1.807) is 0 Å². The smallest absolute Gasteiger partial charge is 0.319 e. The summed E-state index contributed by atoms with van der Waals surface area (Å²) in [5.74, 6) is 0.478. The summed E-state index contributed by atoms with van der Waals surface area (Å²) in [7, 11) is 0. The average Bonchev–Trinajstić information content (AvgIpc) is 3.26. The summed E-state index contributed by atoms with van der Waals surface area (Å²) in [6.45, 7) is 5.30. The van der Waals surface area contributed by atoms with Crippen LogP contribution in [0.15, 0.2) is 0 Å². The van der Waals surface area contributed by atoms with Crippen molar-refractivity contribution >= 4 is 12.0 Å². The van der Waals surface area contributed by atoms with Gasteiger partial charge in [-0.25, -0.2) is 4.79 Å². The van der Waals surface area contributed by atoms with Crippen LogP contribution in [0, 0.1) is 11.8 Å². The molecule has 2 rings (SSSR count). The van der Waals surface area contributed by atoms with Crippen LogP contribution in [0.5, 0.6) is 0 Å². The summed E-state index contributed by atoms with van der Waals surface area (Å²) >= 11 is 0. The van der Waals surface area contributed by atoms with Crippen molar-refractivity contribution in [1.29, 1.82) is 0 Å². The molecule has 5 heteroatoms. The Morgan fingerprint density at radius 2 is 1.80 bits per heavy atom. The maximum absolute atomic E-state index is 12.4. The first kappa shape index (κ1) is 15.1. The summed E-state index contributed by atoms with van der Waals surface area (Å²) in [6.07, 6.45) is 5.42. The monoisotopic (exact) mass is 282 g/mol. The van der Waals surface area contributed by atoms with Crippen molar-refractivity contribution in [1.82, 2.24) is 9.80 Å². The fourth-order valence-electron chi connectivity index (χ4n) is 2.90. The highest BCUT2D eigenvalue weighted by atomic mass is 16.4. The van der Waals surface area contributed by atoms with E-state index in [2.05, 4.69) is 0 Å². The van der Waals surface area contributed by atoms with E-state index < -0.39 is 5.97 Å². The lowest BCUT2D eigenvalue weighted by atomic mass is 9.92. The SMILES string of the molecule is CCN(CC1CC1)C(=O)N1CCC(CCC(=O)O)CC1. The number of urea groups is 1. The number of hydrogen-bond acceptors (Lipinski definition) is 2. The van der Waals surface area contributed by atoms with E-state index in [1.807, 2.05) is 16.7 Å². The van der Waals surface area contributed by atoms with Gasteiger partial charge in [0.25, 0.3) is 0 Å². The van der Waals surface area contributed by atoms with Gasteiger partial charge in [0.05, 0.1) is 0 Å². The summed E-state index contributed by atoms with van der Waals surface area (Å²) in [5.41, 5.74) is 0. The number of rotatable bonds is 6. The number of nitrogens with zero attached hydrogens (tertiary/aromatic N) is 2. The largest absolute Gasteiger partial charge is 0.481 e. The van der Waals surface area contributed by atoms with Crippen LogP contribution >= 0.6 is 0 Å². The topological polar surface area (TPSA) is 60.9 Å². The van der Waals surface area contributed by atoms with E-state index in [-0.39, 0.29) is 12.5 Å². The maximum atomic E-state index is 12.4. The molecule has 0 radical (unpaired) electrons. The van der Waals surface area contributed by atoms with Crippen LogP contribution in [-0.4, -0.2) is 53.1 Å². The number of carbonyl (C=O) groups is 2. The highest BCUT2D eigenvalue weighted by Crippen LogP contribution is 2.30. The number of aliphatic carboxylic acids is 1. The minimum absolute atomic E-state index is 0.177. The second-order valence-corrected chi connectivity index (χ2v) is 6.13. The van der Waals surface area contributed by atoms with Gasteiger partial charge in [0.15, 0.2) is 0 Å². The molecule has 114 valence electrons. The van der Waals surface area contributed by atoms with E-state index in [4.69, 9.17) is 5.11 Å². The van der Waals surface area contributed by atoms with Crippen molar-refractivity contribution in [3.63, 3.8) is 0 Å². The highest BCUT2D eigenvalue weighted by molar-refractivity contribution is 5.74. The Balaban J connectivity index is 1.73. The predicted molar refractivity (Wildman–Crippen MR) is 76.5 cm³/mol. The van der Waals surface area contributed by atoms with Gasteiger partial charge in [0.2, 0.25) is 0 Å². The van der Waals surface area contributed by atoms with Gasteiger partial charge >= 0.3 is 12.0 Å². The number of carbonyl (C=O) groups excluding carboxylic acids is 1. The summed E-state index contributed by atoms with van der Waals surface area (Å²) in [5, 5.41) is 8.71. The van der Waals surface area contributed by atoms with E-state index in [0.717, 1.165) is 51.4 Å². The number of carboxylic acid groups (broad SMARTS) is 1. The van der Waals surface area contributed by atoms with Gasteiger partial charge in [-0.2, -0.15) is 0 Å². The first-order valence-corrected chi connectivity index (χ1v) is 7.85. The predicted octanol–water partition coefficient (Wildman–Crippen LogP) is 2.42. The molecule has 0 aromatic carbocycles. The van der Waals surface area contributed by atoms with Crippen molar-refractivity contribution in [3.8, 4) is 0 Å². The molecule has 0 spiro atoms. The molecule has 20 heavy (non-hydrogen) atoms. The molecule has 0 unspecified atom stereocenters. The Hall–Kier alpha value is -1.26. The van der Waals surface area contributed by atoms with Crippen LogP contribution in [0.4, 0.5) is 4.79 Å². The molecular formula is C15H26N2O3. The van der Waals surface area contributed by atoms with Crippen LogP contribution in [0.3, 0.4) is 0 Å². The van der Waals surface area contributed by atoms with Gasteiger partial charge in [-0.3, -0.25) is 4.79 Å². The van der Waals surface area contributed by atoms with Crippen LogP contribution in [-0.2, 0) is 4.79 Å². The van der Waals surface area contributed by atoms with E-state index >= 15 is 0 Å². The quantitative estimate of drug-likeness (QED) is 0.814. The third-order valence-corrected chi connectivity index (χ3v) is 4.48. The average molecular weight is 282 g/mol. The van der Waals surface area contributed by atoms with Crippen molar-refractivity contribution in [3.05, 3.63) is 0 Å². The Morgan fingerprint density at radius 1 is 1.15 bits per heavy atom. The molecule has 2 amide bonds. The van der Waals surface area contributed by atoms with Crippen molar-refractivity contribution in [2.75, 3.05) is 26.2 Å². The van der Waals surface area contributed by atoms with E-state index in [9.17, 15) is 9.59 Å². The Kier molecular flexibility index (Phi) is 5.26. The van der Waals surface area contributed by atoms with E-state index in [0.29, 0.717) is 5.92 Å². The lowest BCUT2D eigenvalue weighted by molar-refractivity contribution is -0.137. The zero-order valence-electron chi connectivity index (χ0n) is 12.4. The third kappa shape index (κ3) is 4.39. The van der Waals surface area contributed by atoms with Gasteiger partial charge in [-0.05, 0) is 50.9 Å². The molecule has 0 aromatic rings. The van der Waals surface area contributed by atoms with Crippen LogP contribution in [0.25, 0.3) is 0 Å². The van der Waals surface area contributed by atoms with Crippen molar-refractivity contribution < 1.29 is 14.7 Å². The van der Waals surface area contributed by atoms with Gasteiger partial charge < -0.3 is 14.9 Å². The van der Waals surface area contributed by atoms with Crippen molar-refractivity contribution in [2.24, 2.45) is 11.8 Å². The lowest BCUT2D eigenvalue weighted by Gasteiger charge is -2.35. The fourth-order valence-corrected chi connectivity index (χ4v) is 2.90. The normalized spacial score (nSPS) is 19.9. The molecule has 1 N–H and O–H groups in total. The molecule has 1 aliphatic heterocycles. The molecule has 0 atom stereocenters. The standard InChI is InChI=1S/C15H26N2O3/c1-2-16(11-13-3-4-13)15(20)17-9-7-12(8-10-17)5-6-14(18)19/h12-13H,2-11H2,1H3,(H,18,19). The molecule has 2 fully saturated rings. The zero-order valence-corrected chi connectivity index (χ0v) is 12.4. The van der Waals surface area contributed by atoms with Gasteiger partial charge in [-0.1, -0.05) is 0 Å². The number of hydrogen-bond donors (Lipinski definition) is 1. The molecule has 0 bridgehead atoms. The number of likely N-dealkylation sites (tertiary alicyclic amines) is 1. The number of carboxylic acids is 1. The van der Waals surface area contributed by atoms with Gasteiger partial charge in [0.1, 0.15) is 0 Å². The molecule has 2 aliphatic rings. The molecule has 1 saturated heterocycles. The summed E-state index contributed by atoms with van der Waals surface area (Å²) in [4.78, 5) is 26.9. The fraction of sp³-hybridized carbons (Fsp3) is 0.867. The minimum atomic E-state index is -0.718. The van der Waals surface area contributed by atoms with Crippen LogP contribution in [0.1, 0.15) is 45.4 Å². The highest BCUT2D eigenvalue weighted by Gasteiger charge is 2.30. The lowest BCUT2D eigenvalue weighted by Crippen LogP contribution is -2.47. The zero-order chi connectivity index (χ0) is 14.5. The summed E-state index contributed by atoms with van der Waals surface area (Å²) < 4.78 is 0. The minimum Gasteiger partial charge on any atom is -0.481 e. The molecular weight excluding hydrogens is 256 g/mol. The third-order valence-electron chi connectivity index (χ3n) is 4.48. The van der Waals surface area contributed by atoms with E-state index in [1.165, 1.54) is 12.8 Å². The molecule has 1 heterocycles.